The second-order valence-corrected chi connectivity index (χ2v) is 7.36. The minimum Gasteiger partial charge on any atom is -0.379 e. The Kier molecular flexibility index (Phi) is 4.76. The first-order valence-electron chi connectivity index (χ1n) is 5.95. The summed E-state index contributed by atoms with van der Waals surface area (Å²) < 4.78 is 36.7. The van der Waals surface area contributed by atoms with E-state index in [1.165, 1.54) is 12.1 Å². The summed E-state index contributed by atoms with van der Waals surface area (Å²) in [6.07, 6.45) is 1.07. The van der Waals surface area contributed by atoms with Crippen molar-refractivity contribution in [2.75, 3.05) is 11.6 Å². The first-order chi connectivity index (χ1) is 9.77. The van der Waals surface area contributed by atoms with Crippen molar-refractivity contribution in [3.63, 3.8) is 0 Å². The molecular weight excluding hydrogens is 336 g/mol. The van der Waals surface area contributed by atoms with E-state index in [0.717, 1.165) is 17.9 Å². The van der Waals surface area contributed by atoms with Gasteiger partial charge in [-0.25, -0.2) is 12.8 Å². The van der Waals surface area contributed by atoms with Crippen molar-refractivity contribution in [2.24, 2.45) is 0 Å². The van der Waals surface area contributed by atoms with Gasteiger partial charge in [0.05, 0.1) is 10.6 Å². The maximum Gasteiger partial charge on any atom is 0.175 e. The average molecular weight is 348 g/mol. The lowest BCUT2D eigenvalue weighted by molar-refractivity contribution is 0.600. The van der Waals surface area contributed by atoms with Crippen molar-refractivity contribution in [3.05, 3.63) is 57.8 Å². The number of benzene rings is 2. The standard InChI is InChI=1S/C14H12Cl2FNO2S/c1-21(19,20)11-4-5-13(17)14(7-11)18-8-9-2-3-10(15)6-12(9)16/h2-7,18H,8H2,1H3. The van der Waals surface area contributed by atoms with Gasteiger partial charge >= 0.3 is 0 Å². The molecule has 0 fully saturated rings. The van der Waals surface area contributed by atoms with Crippen LogP contribution in [0.25, 0.3) is 0 Å². The minimum absolute atomic E-state index is 0.0496. The fraction of sp³-hybridized carbons (Fsp3) is 0.143. The van der Waals surface area contributed by atoms with Gasteiger partial charge in [-0.05, 0) is 35.9 Å². The third-order valence-electron chi connectivity index (χ3n) is 2.85. The van der Waals surface area contributed by atoms with Gasteiger partial charge in [-0.3, -0.25) is 0 Å². The van der Waals surface area contributed by atoms with Gasteiger partial charge in [0.1, 0.15) is 5.82 Å². The molecule has 7 heteroatoms. The first kappa shape index (κ1) is 16.1. The lowest BCUT2D eigenvalue weighted by Gasteiger charge is -2.10. The van der Waals surface area contributed by atoms with Gasteiger partial charge in [0.2, 0.25) is 0 Å². The third kappa shape index (κ3) is 4.09. The molecule has 0 aromatic heterocycles. The Morgan fingerprint density at radius 2 is 1.86 bits per heavy atom. The van der Waals surface area contributed by atoms with Crippen LogP contribution in [0.1, 0.15) is 5.56 Å². The highest BCUT2D eigenvalue weighted by Crippen LogP contribution is 2.24. The Balaban J connectivity index is 2.23. The number of sulfone groups is 1. The van der Waals surface area contributed by atoms with Gasteiger partial charge in [-0.15, -0.1) is 0 Å². The second-order valence-electron chi connectivity index (χ2n) is 4.50. The largest absolute Gasteiger partial charge is 0.379 e. The second kappa shape index (κ2) is 6.22. The van der Waals surface area contributed by atoms with E-state index in [9.17, 15) is 12.8 Å². The van der Waals surface area contributed by atoms with Crippen molar-refractivity contribution >= 4 is 38.7 Å². The Hall–Kier alpha value is -1.30. The Labute approximate surface area is 132 Å². The highest BCUT2D eigenvalue weighted by Gasteiger charge is 2.11. The molecule has 0 aliphatic heterocycles. The lowest BCUT2D eigenvalue weighted by atomic mass is 10.2. The van der Waals surface area contributed by atoms with Crippen LogP contribution in [0.3, 0.4) is 0 Å². The van der Waals surface area contributed by atoms with Gasteiger partial charge in [0, 0.05) is 22.8 Å². The van der Waals surface area contributed by atoms with Crippen LogP contribution in [0.4, 0.5) is 10.1 Å². The number of halogens is 3. The van der Waals surface area contributed by atoms with Gasteiger partial charge in [0.15, 0.2) is 9.84 Å². The van der Waals surface area contributed by atoms with E-state index >= 15 is 0 Å². The zero-order valence-electron chi connectivity index (χ0n) is 11.0. The summed E-state index contributed by atoms with van der Waals surface area (Å²) in [7, 11) is -3.39. The monoisotopic (exact) mass is 347 g/mol. The highest BCUT2D eigenvalue weighted by atomic mass is 35.5. The Morgan fingerprint density at radius 1 is 1.14 bits per heavy atom. The van der Waals surface area contributed by atoms with Gasteiger partial charge < -0.3 is 5.32 Å². The van der Waals surface area contributed by atoms with E-state index in [4.69, 9.17) is 23.2 Å². The lowest BCUT2D eigenvalue weighted by Crippen LogP contribution is -2.04. The SMILES string of the molecule is CS(=O)(=O)c1ccc(F)c(NCc2ccc(Cl)cc2Cl)c1. The van der Waals surface area contributed by atoms with E-state index in [1.54, 1.807) is 18.2 Å². The van der Waals surface area contributed by atoms with E-state index in [-0.39, 0.29) is 17.1 Å². The number of hydrogen-bond donors (Lipinski definition) is 1. The normalized spacial score (nSPS) is 11.4. The molecule has 0 spiro atoms. The van der Waals surface area contributed by atoms with E-state index in [2.05, 4.69) is 5.32 Å². The molecule has 0 amide bonds. The van der Waals surface area contributed by atoms with Crippen molar-refractivity contribution in [3.8, 4) is 0 Å². The smallest absolute Gasteiger partial charge is 0.175 e. The molecule has 0 atom stereocenters. The summed E-state index contributed by atoms with van der Waals surface area (Å²) in [6, 6.07) is 8.58. The molecule has 3 nitrogen and oxygen atoms in total. The topological polar surface area (TPSA) is 46.2 Å². The predicted octanol–water partition coefficient (Wildman–Crippen LogP) is 4.15. The molecule has 21 heavy (non-hydrogen) atoms. The molecule has 0 aliphatic carbocycles. The summed E-state index contributed by atoms with van der Waals surface area (Å²) in [5.74, 6) is -0.535. The molecule has 2 rings (SSSR count). The van der Waals surface area contributed by atoms with Crippen molar-refractivity contribution in [2.45, 2.75) is 11.4 Å². The highest BCUT2D eigenvalue weighted by molar-refractivity contribution is 7.90. The average Bonchev–Trinajstić information content (AvgIpc) is 2.38. The summed E-state index contributed by atoms with van der Waals surface area (Å²) in [4.78, 5) is 0.0496. The van der Waals surface area contributed by atoms with Crippen LogP contribution in [0.2, 0.25) is 10.0 Å². The van der Waals surface area contributed by atoms with Crippen LogP contribution in [-0.2, 0) is 16.4 Å². The molecule has 0 bridgehead atoms. The molecule has 0 aliphatic rings. The predicted molar refractivity (Wildman–Crippen MR) is 83.3 cm³/mol. The Morgan fingerprint density at radius 3 is 2.48 bits per heavy atom. The maximum atomic E-state index is 13.7. The van der Waals surface area contributed by atoms with Crippen molar-refractivity contribution in [1.29, 1.82) is 0 Å². The molecule has 0 unspecified atom stereocenters. The van der Waals surface area contributed by atoms with E-state index < -0.39 is 15.7 Å². The molecular formula is C14H12Cl2FNO2S. The van der Waals surface area contributed by atoms with Crippen LogP contribution < -0.4 is 5.32 Å². The van der Waals surface area contributed by atoms with Crippen LogP contribution in [0.15, 0.2) is 41.3 Å². The number of rotatable bonds is 4. The van der Waals surface area contributed by atoms with Crippen LogP contribution >= 0.6 is 23.2 Å². The number of hydrogen-bond acceptors (Lipinski definition) is 3. The summed E-state index contributed by atoms with van der Waals surface area (Å²) in [6.45, 7) is 0.250. The summed E-state index contributed by atoms with van der Waals surface area (Å²) in [5.41, 5.74) is 0.828. The molecule has 1 N–H and O–H groups in total. The van der Waals surface area contributed by atoms with Crippen LogP contribution in [-0.4, -0.2) is 14.7 Å². The minimum atomic E-state index is -3.39. The zero-order valence-corrected chi connectivity index (χ0v) is 13.4. The molecule has 0 radical (unpaired) electrons. The summed E-state index contributed by atoms with van der Waals surface area (Å²) >= 11 is 11.8. The van der Waals surface area contributed by atoms with Gasteiger partial charge in [0.25, 0.3) is 0 Å². The quantitative estimate of drug-likeness (QED) is 0.845. The van der Waals surface area contributed by atoms with Crippen molar-refractivity contribution < 1.29 is 12.8 Å². The molecule has 0 saturated heterocycles. The third-order valence-corrected chi connectivity index (χ3v) is 4.55. The molecule has 2 aromatic rings. The van der Waals surface area contributed by atoms with E-state index in [0.29, 0.717) is 10.0 Å². The number of anilines is 1. The first-order valence-corrected chi connectivity index (χ1v) is 8.59. The molecule has 2 aromatic carbocycles. The van der Waals surface area contributed by atoms with Crippen LogP contribution in [0, 0.1) is 5.82 Å². The number of nitrogens with one attached hydrogen (secondary N) is 1. The van der Waals surface area contributed by atoms with Gasteiger partial charge in [-0.1, -0.05) is 29.3 Å². The maximum absolute atomic E-state index is 13.7. The fourth-order valence-corrected chi connectivity index (χ4v) is 2.85. The molecule has 0 saturated carbocycles. The van der Waals surface area contributed by atoms with Crippen LogP contribution in [0.5, 0.6) is 0 Å². The van der Waals surface area contributed by atoms with Gasteiger partial charge in [-0.2, -0.15) is 0 Å². The molecule has 112 valence electrons. The Bertz CT molecular complexity index is 779. The summed E-state index contributed by atoms with van der Waals surface area (Å²) in [5, 5.41) is 3.80. The fourth-order valence-electron chi connectivity index (χ4n) is 1.73. The van der Waals surface area contributed by atoms with Crippen molar-refractivity contribution in [1.82, 2.24) is 0 Å². The zero-order chi connectivity index (χ0) is 15.6. The van der Waals surface area contributed by atoms with E-state index in [1.807, 2.05) is 0 Å². The molecule has 0 heterocycles.